The topological polar surface area (TPSA) is 74.8 Å². The first-order valence-electron chi connectivity index (χ1n) is 7.01. The Bertz CT molecular complexity index is 860. The van der Waals surface area contributed by atoms with Gasteiger partial charge in [-0.1, -0.05) is 0 Å². The monoisotopic (exact) mass is 345 g/mol. The normalized spacial score (nSPS) is 10.7. The molecule has 1 amide bonds. The molecular formula is C16H15N3O2S2. The van der Waals surface area contributed by atoms with E-state index in [9.17, 15) is 9.59 Å². The molecule has 23 heavy (non-hydrogen) atoms. The maximum absolute atomic E-state index is 12.1. The van der Waals surface area contributed by atoms with Crippen molar-refractivity contribution in [2.45, 2.75) is 20.4 Å². The molecule has 0 radical (unpaired) electrons. The molecule has 0 fully saturated rings. The van der Waals surface area contributed by atoms with Crippen molar-refractivity contribution in [3.63, 3.8) is 0 Å². The molecule has 0 bridgehead atoms. The standard InChI is InChI=1S/C16H15N3O2S2/c1-9(20)11-5-13(17-6-11)16(21)18-7-12-3-4-15(23-12)14-8-22-10(2)19-14/h3-6,8,17H,7H2,1-2H3,(H,18,21). The van der Waals surface area contributed by atoms with Crippen LogP contribution in [0.2, 0.25) is 0 Å². The van der Waals surface area contributed by atoms with Crippen LogP contribution in [0.5, 0.6) is 0 Å². The van der Waals surface area contributed by atoms with E-state index in [2.05, 4.69) is 15.3 Å². The zero-order valence-corrected chi connectivity index (χ0v) is 14.3. The Labute approximate surface area is 141 Å². The van der Waals surface area contributed by atoms with E-state index in [1.165, 1.54) is 6.92 Å². The number of rotatable bonds is 5. The molecule has 3 heterocycles. The second-order valence-corrected chi connectivity index (χ2v) is 7.29. The van der Waals surface area contributed by atoms with E-state index in [1.54, 1.807) is 34.9 Å². The molecule has 0 saturated carbocycles. The lowest BCUT2D eigenvalue weighted by Crippen LogP contribution is -2.22. The Morgan fingerprint density at radius 2 is 2.17 bits per heavy atom. The van der Waals surface area contributed by atoms with Crippen molar-refractivity contribution in [3.8, 4) is 10.6 Å². The summed E-state index contributed by atoms with van der Waals surface area (Å²) in [5, 5.41) is 5.92. The number of Topliss-reactive ketones (excluding diaryl/α,β-unsaturated/α-hetero) is 1. The molecular weight excluding hydrogens is 330 g/mol. The minimum atomic E-state index is -0.225. The van der Waals surface area contributed by atoms with Crippen LogP contribution in [0.4, 0.5) is 0 Å². The van der Waals surface area contributed by atoms with Crippen molar-refractivity contribution < 1.29 is 9.59 Å². The largest absolute Gasteiger partial charge is 0.356 e. The van der Waals surface area contributed by atoms with Gasteiger partial charge in [0.2, 0.25) is 0 Å². The summed E-state index contributed by atoms with van der Waals surface area (Å²) < 4.78 is 0. The summed E-state index contributed by atoms with van der Waals surface area (Å²) >= 11 is 3.23. The van der Waals surface area contributed by atoms with Gasteiger partial charge in [0.05, 0.1) is 22.1 Å². The third-order valence-corrected chi connectivity index (χ3v) is 5.17. The summed E-state index contributed by atoms with van der Waals surface area (Å²) in [6.07, 6.45) is 1.55. The molecule has 0 aromatic carbocycles. The Morgan fingerprint density at radius 1 is 1.35 bits per heavy atom. The first kappa shape index (κ1) is 15.6. The van der Waals surface area contributed by atoms with E-state index >= 15 is 0 Å². The number of aryl methyl sites for hydroxylation is 1. The summed E-state index contributed by atoms with van der Waals surface area (Å²) in [6.45, 7) is 3.90. The SMILES string of the molecule is CC(=O)c1c[nH]c(C(=O)NCc2ccc(-c3csc(C)n3)s2)c1. The number of nitrogens with one attached hydrogen (secondary N) is 2. The molecule has 0 unspecified atom stereocenters. The summed E-state index contributed by atoms with van der Waals surface area (Å²) in [6, 6.07) is 5.57. The highest BCUT2D eigenvalue weighted by Crippen LogP contribution is 2.28. The van der Waals surface area contributed by atoms with Crippen LogP contribution in [0, 0.1) is 6.92 Å². The van der Waals surface area contributed by atoms with Crippen molar-refractivity contribution in [3.05, 3.63) is 50.9 Å². The van der Waals surface area contributed by atoms with Gasteiger partial charge in [-0.15, -0.1) is 22.7 Å². The molecule has 5 nitrogen and oxygen atoms in total. The molecule has 0 spiro atoms. The minimum absolute atomic E-state index is 0.0678. The lowest BCUT2D eigenvalue weighted by atomic mass is 10.2. The fraction of sp³-hybridized carbons (Fsp3) is 0.188. The number of hydrogen-bond donors (Lipinski definition) is 2. The number of thiophene rings is 1. The van der Waals surface area contributed by atoms with Crippen molar-refractivity contribution in [2.75, 3.05) is 0 Å². The lowest BCUT2D eigenvalue weighted by Gasteiger charge is -2.01. The van der Waals surface area contributed by atoms with Crippen LogP contribution >= 0.6 is 22.7 Å². The number of nitrogens with zero attached hydrogens (tertiary/aromatic N) is 1. The number of thiazole rings is 1. The molecule has 3 aromatic rings. The summed E-state index contributed by atoms with van der Waals surface area (Å²) in [7, 11) is 0. The maximum Gasteiger partial charge on any atom is 0.268 e. The highest BCUT2D eigenvalue weighted by atomic mass is 32.1. The molecule has 2 N–H and O–H groups in total. The summed E-state index contributed by atoms with van der Waals surface area (Å²) in [5.74, 6) is -0.293. The number of aromatic amines is 1. The molecule has 0 atom stereocenters. The third kappa shape index (κ3) is 3.57. The van der Waals surface area contributed by atoms with Crippen molar-refractivity contribution in [2.24, 2.45) is 0 Å². The van der Waals surface area contributed by atoms with E-state index in [1.807, 2.05) is 24.4 Å². The first-order valence-corrected chi connectivity index (χ1v) is 8.71. The van der Waals surface area contributed by atoms with Gasteiger partial charge >= 0.3 is 0 Å². The van der Waals surface area contributed by atoms with Gasteiger partial charge in [0.1, 0.15) is 5.69 Å². The predicted molar refractivity (Wildman–Crippen MR) is 92.1 cm³/mol. The van der Waals surface area contributed by atoms with Crippen LogP contribution in [0.15, 0.2) is 29.8 Å². The van der Waals surface area contributed by atoms with Crippen LogP contribution in [0.25, 0.3) is 10.6 Å². The third-order valence-electron chi connectivity index (χ3n) is 3.29. The number of H-pyrrole nitrogens is 1. The number of carbonyl (C=O) groups is 2. The predicted octanol–water partition coefficient (Wildman–Crippen LogP) is 3.64. The molecule has 0 saturated heterocycles. The van der Waals surface area contributed by atoms with Crippen molar-refractivity contribution in [1.29, 1.82) is 0 Å². The van der Waals surface area contributed by atoms with Crippen LogP contribution in [-0.2, 0) is 6.54 Å². The van der Waals surface area contributed by atoms with Crippen LogP contribution in [0.3, 0.4) is 0 Å². The van der Waals surface area contributed by atoms with Gasteiger partial charge in [0.25, 0.3) is 5.91 Å². The molecule has 0 aliphatic rings. The van der Waals surface area contributed by atoms with Crippen LogP contribution < -0.4 is 5.32 Å². The number of hydrogen-bond acceptors (Lipinski definition) is 5. The van der Waals surface area contributed by atoms with Gasteiger partial charge < -0.3 is 10.3 Å². The van der Waals surface area contributed by atoms with Crippen LogP contribution in [0.1, 0.15) is 37.7 Å². The number of carbonyl (C=O) groups excluding carboxylic acids is 2. The Kier molecular flexibility index (Phi) is 4.40. The second kappa shape index (κ2) is 6.47. The molecule has 118 valence electrons. The zero-order chi connectivity index (χ0) is 16.4. The Balaban J connectivity index is 1.63. The smallest absolute Gasteiger partial charge is 0.268 e. The molecule has 0 aliphatic carbocycles. The first-order chi connectivity index (χ1) is 11.0. The van der Waals surface area contributed by atoms with E-state index in [-0.39, 0.29) is 11.7 Å². The fourth-order valence-corrected chi connectivity index (χ4v) is 3.67. The van der Waals surface area contributed by atoms with Crippen molar-refractivity contribution in [1.82, 2.24) is 15.3 Å². The quantitative estimate of drug-likeness (QED) is 0.693. The van der Waals surface area contributed by atoms with Gasteiger partial charge in [-0.05, 0) is 32.0 Å². The maximum atomic E-state index is 12.1. The van der Waals surface area contributed by atoms with E-state index in [4.69, 9.17) is 0 Å². The van der Waals surface area contributed by atoms with E-state index < -0.39 is 0 Å². The summed E-state index contributed by atoms with van der Waals surface area (Å²) in [4.78, 5) is 32.7. The molecule has 3 rings (SSSR count). The number of ketones is 1. The number of amides is 1. The van der Waals surface area contributed by atoms with E-state index in [0.29, 0.717) is 17.8 Å². The van der Waals surface area contributed by atoms with Gasteiger partial charge in [-0.25, -0.2) is 4.98 Å². The van der Waals surface area contributed by atoms with Gasteiger partial charge in [-0.3, -0.25) is 9.59 Å². The van der Waals surface area contributed by atoms with E-state index in [0.717, 1.165) is 20.5 Å². The average Bonchev–Trinajstić information content (AvgIpc) is 3.24. The highest BCUT2D eigenvalue weighted by molar-refractivity contribution is 7.16. The van der Waals surface area contributed by atoms with Gasteiger partial charge in [-0.2, -0.15) is 0 Å². The van der Waals surface area contributed by atoms with Crippen LogP contribution in [-0.4, -0.2) is 21.7 Å². The average molecular weight is 345 g/mol. The lowest BCUT2D eigenvalue weighted by molar-refractivity contribution is 0.0946. The summed E-state index contributed by atoms with van der Waals surface area (Å²) in [5.41, 5.74) is 1.88. The molecule has 0 aliphatic heterocycles. The zero-order valence-electron chi connectivity index (χ0n) is 12.7. The fourth-order valence-electron chi connectivity index (χ4n) is 2.08. The second-order valence-electron chi connectivity index (χ2n) is 5.06. The van der Waals surface area contributed by atoms with Gasteiger partial charge in [0.15, 0.2) is 5.78 Å². The highest BCUT2D eigenvalue weighted by Gasteiger charge is 2.11. The number of aromatic nitrogens is 2. The molecule has 7 heteroatoms. The Morgan fingerprint density at radius 3 is 2.83 bits per heavy atom. The van der Waals surface area contributed by atoms with Gasteiger partial charge in [0, 0.05) is 22.0 Å². The molecule has 3 aromatic heterocycles. The Hall–Kier alpha value is -2.25. The minimum Gasteiger partial charge on any atom is -0.356 e. The van der Waals surface area contributed by atoms with Crippen molar-refractivity contribution >= 4 is 34.4 Å².